The maximum atomic E-state index is 12.6. The maximum Gasteiger partial charge on any atom is 0.321 e. The summed E-state index contributed by atoms with van der Waals surface area (Å²) in [7, 11) is 3.29. The monoisotopic (exact) mass is 378 g/mol. The highest BCUT2D eigenvalue weighted by Crippen LogP contribution is 2.22. The molecule has 144 valence electrons. The van der Waals surface area contributed by atoms with Crippen molar-refractivity contribution in [2.45, 2.75) is 56.7 Å². The van der Waals surface area contributed by atoms with Gasteiger partial charge in [0.05, 0.1) is 12.9 Å². The molecule has 6 heteroatoms. The number of rotatable bonds is 6. The molecule has 1 N–H and O–H groups in total. The molecule has 1 aliphatic carbocycles. The third-order valence-electron chi connectivity index (χ3n) is 4.84. The van der Waals surface area contributed by atoms with Gasteiger partial charge in [0.2, 0.25) is 0 Å². The summed E-state index contributed by atoms with van der Waals surface area (Å²) in [5.74, 6) is 0.815. The molecule has 0 heterocycles. The average molecular weight is 379 g/mol. The van der Waals surface area contributed by atoms with Crippen molar-refractivity contribution in [2.75, 3.05) is 25.2 Å². The molecule has 0 atom stereocenters. The fourth-order valence-electron chi connectivity index (χ4n) is 3.25. The Labute approximate surface area is 160 Å². The Morgan fingerprint density at radius 1 is 1.19 bits per heavy atom. The first-order valence-electron chi connectivity index (χ1n) is 9.37. The lowest BCUT2D eigenvalue weighted by Crippen LogP contribution is -2.40. The van der Waals surface area contributed by atoms with Gasteiger partial charge in [-0.1, -0.05) is 44.2 Å². The summed E-state index contributed by atoms with van der Waals surface area (Å²) in [6.45, 7) is 0. The number of carbonyl (C=O) groups is 2. The van der Waals surface area contributed by atoms with Gasteiger partial charge >= 0.3 is 12.0 Å². The van der Waals surface area contributed by atoms with Crippen molar-refractivity contribution in [1.29, 1.82) is 0 Å². The SMILES string of the molecule is COC(=O)CSCc1cccc(NC(=O)N(C)C2CCCCCCC2)c1. The van der Waals surface area contributed by atoms with E-state index >= 15 is 0 Å². The van der Waals surface area contributed by atoms with E-state index in [0.29, 0.717) is 17.5 Å². The van der Waals surface area contributed by atoms with Gasteiger partial charge in [-0.2, -0.15) is 0 Å². The van der Waals surface area contributed by atoms with E-state index in [9.17, 15) is 9.59 Å². The van der Waals surface area contributed by atoms with E-state index in [0.717, 1.165) is 24.1 Å². The van der Waals surface area contributed by atoms with Crippen molar-refractivity contribution in [3.63, 3.8) is 0 Å². The van der Waals surface area contributed by atoms with Crippen molar-refractivity contribution in [3.05, 3.63) is 29.8 Å². The summed E-state index contributed by atoms with van der Waals surface area (Å²) >= 11 is 1.50. The molecule has 1 aromatic carbocycles. The van der Waals surface area contributed by atoms with E-state index in [1.807, 2.05) is 36.2 Å². The highest BCUT2D eigenvalue weighted by Gasteiger charge is 2.20. The summed E-state index contributed by atoms with van der Waals surface area (Å²) in [5, 5.41) is 3.01. The van der Waals surface area contributed by atoms with Crippen LogP contribution < -0.4 is 5.32 Å². The fourth-order valence-corrected chi connectivity index (χ4v) is 4.05. The van der Waals surface area contributed by atoms with Gasteiger partial charge in [0.15, 0.2) is 0 Å². The van der Waals surface area contributed by atoms with Crippen LogP contribution in [0.5, 0.6) is 0 Å². The zero-order chi connectivity index (χ0) is 18.8. The number of benzene rings is 1. The molecule has 0 aliphatic heterocycles. The Kier molecular flexibility index (Phi) is 8.81. The Bertz CT molecular complexity index is 586. The lowest BCUT2D eigenvalue weighted by atomic mass is 9.96. The normalized spacial score (nSPS) is 15.6. The number of carbonyl (C=O) groups excluding carboxylic acids is 2. The topological polar surface area (TPSA) is 58.6 Å². The molecule has 2 rings (SSSR count). The van der Waals surface area contributed by atoms with Crippen LogP contribution in [-0.2, 0) is 15.3 Å². The van der Waals surface area contributed by atoms with Crippen molar-refractivity contribution < 1.29 is 14.3 Å². The van der Waals surface area contributed by atoms with Gasteiger partial charge in [-0.05, 0) is 30.5 Å². The molecular formula is C20H30N2O3S. The van der Waals surface area contributed by atoms with Crippen LogP contribution in [0.1, 0.15) is 50.5 Å². The van der Waals surface area contributed by atoms with E-state index < -0.39 is 0 Å². The Morgan fingerprint density at radius 3 is 2.58 bits per heavy atom. The number of anilines is 1. The van der Waals surface area contributed by atoms with Crippen molar-refractivity contribution in [1.82, 2.24) is 4.90 Å². The van der Waals surface area contributed by atoms with Crippen molar-refractivity contribution >= 4 is 29.4 Å². The van der Waals surface area contributed by atoms with Gasteiger partial charge < -0.3 is 15.0 Å². The van der Waals surface area contributed by atoms with E-state index in [1.165, 1.54) is 51.0 Å². The smallest absolute Gasteiger partial charge is 0.321 e. The number of hydrogen-bond acceptors (Lipinski definition) is 4. The Morgan fingerprint density at radius 2 is 1.88 bits per heavy atom. The number of amides is 2. The van der Waals surface area contributed by atoms with Crippen LogP contribution in [0.3, 0.4) is 0 Å². The quantitative estimate of drug-likeness (QED) is 0.731. The fraction of sp³-hybridized carbons (Fsp3) is 0.600. The lowest BCUT2D eigenvalue weighted by molar-refractivity contribution is -0.137. The largest absolute Gasteiger partial charge is 0.468 e. The van der Waals surface area contributed by atoms with Gasteiger partial charge in [-0.25, -0.2) is 4.79 Å². The number of thioether (sulfide) groups is 1. The number of urea groups is 1. The average Bonchev–Trinajstić information content (AvgIpc) is 2.61. The standard InChI is InChI=1S/C20H30N2O3S/c1-22(18-11-6-4-3-5-7-12-18)20(24)21-17-10-8-9-16(13-17)14-26-15-19(23)25-2/h8-10,13,18H,3-7,11-12,14-15H2,1-2H3,(H,21,24). The first-order valence-corrected chi connectivity index (χ1v) is 10.5. The van der Waals surface area contributed by atoms with Gasteiger partial charge in [-0.3, -0.25) is 4.79 Å². The van der Waals surface area contributed by atoms with Crippen molar-refractivity contribution in [2.24, 2.45) is 0 Å². The summed E-state index contributed by atoms with van der Waals surface area (Å²) in [5.41, 5.74) is 1.87. The molecule has 0 bridgehead atoms. The van der Waals surface area contributed by atoms with Crippen LogP contribution in [-0.4, -0.2) is 42.9 Å². The zero-order valence-electron chi connectivity index (χ0n) is 15.8. The second-order valence-corrected chi connectivity index (χ2v) is 7.79. The number of nitrogens with one attached hydrogen (secondary N) is 1. The lowest BCUT2D eigenvalue weighted by Gasteiger charge is -2.30. The van der Waals surface area contributed by atoms with Gasteiger partial charge in [0.25, 0.3) is 0 Å². The Balaban J connectivity index is 1.87. The van der Waals surface area contributed by atoms with E-state index in [4.69, 9.17) is 0 Å². The number of esters is 1. The second kappa shape index (κ2) is 11.1. The molecule has 0 spiro atoms. The van der Waals surface area contributed by atoms with E-state index in [1.54, 1.807) is 0 Å². The molecule has 5 nitrogen and oxygen atoms in total. The summed E-state index contributed by atoms with van der Waals surface area (Å²) in [4.78, 5) is 25.7. The summed E-state index contributed by atoms with van der Waals surface area (Å²) < 4.78 is 4.64. The minimum absolute atomic E-state index is 0.0464. The summed E-state index contributed by atoms with van der Waals surface area (Å²) in [6, 6.07) is 8.08. The molecule has 1 fully saturated rings. The maximum absolute atomic E-state index is 12.6. The molecule has 0 saturated heterocycles. The summed E-state index contributed by atoms with van der Waals surface area (Å²) in [6.07, 6.45) is 8.46. The first kappa shape index (κ1) is 20.6. The molecule has 1 aliphatic rings. The minimum Gasteiger partial charge on any atom is -0.468 e. The van der Waals surface area contributed by atoms with Gasteiger partial charge in [0, 0.05) is 24.5 Å². The number of hydrogen-bond donors (Lipinski definition) is 1. The van der Waals surface area contributed by atoms with Gasteiger partial charge in [0.1, 0.15) is 0 Å². The van der Waals surface area contributed by atoms with Crippen LogP contribution >= 0.6 is 11.8 Å². The number of ether oxygens (including phenoxy) is 1. The van der Waals surface area contributed by atoms with Crippen LogP contribution in [0.2, 0.25) is 0 Å². The minimum atomic E-state index is -0.222. The Hall–Kier alpha value is -1.69. The molecule has 26 heavy (non-hydrogen) atoms. The van der Waals surface area contributed by atoms with Crippen molar-refractivity contribution in [3.8, 4) is 0 Å². The highest BCUT2D eigenvalue weighted by atomic mass is 32.2. The molecule has 0 radical (unpaired) electrons. The molecule has 1 aromatic rings. The predicted octanol–water partition coefficient (Wildman–Crippen LogP) is 4.67. The third-order valence-corrected chi connectivity index (χ3v) is 5.81. The van der Waals surface area contributed by atoms with Crippen LogP contribution in [0.4, 0.5) is 10.5 Å². The highest BCUT2D eigenvalue weighted by molar-refractivity contribution is 7.99. The first-order chi connectivity index (χ1) is 12.6. The molecule has 1 saturated carbocycles. The zero-order valence-corrected chi connectivity index (χ0v) is 16.6. The van der Waals surface area contributed by atoms with Crippen LogP contribution in [0.15, 0.2) is 24.3 Å². The molecule has 0 unspecified atom stereocenters. The molecular weight excluding hydrogens is 348 g/mol. The predicted molar refractivity (Wildman–Crippen MR) is 108 cm³/mol. The second-order valence-electron chi connectivity index (χ2n) is 6.81. The number of nitrogens with zero attached hydrogens (tertiary/aromatic N) is 1. The third kappa shape index (κ3) is 6.90. The molecule has 0 aromatic heterocycles. The van der Waals surface area contributed by atoms with E-state index in [2.05, 4.69) is 10.1 Å². The molecule has 2 amide bonds. The van der Waals surface area contributed by atoms with Gasteiger partial charge in [-0.15, -0.1) is 11.8 Å². The van der Waals surface area contributed by atoms with Crippen LogP contribution in [0.25, 0.3) is 0 Å². The van der Waals surface area contributed by atoms with Crippen LogP contribution in [0, 0.1) is 0 Å². The number of methoxy groups -OCH3 is 1. The van der Waals surface area contributed by atoms with E-state index in [-0.39, 0.29) is 12.0 Å².